The van der Waals surface area contributed by atoms with Crippen molar-refractivity contribution in [1.82, 2.24) is 0 Å². The molecule has 0 aromatic carbocycles. The topological polar surface area (TPSA) is 72.8 Å². The Balaban J connectivity index is 1.45. The van der Waals surface area contributed by atoms with E-state index in [2.05, 4.69) is 26.8 Å². The molecule has 0 spiro atoms. The number of hydrogen-bond donors (Lipinski definition) is 1. The highest BCUT2D eigenvalue weighted by atomic mass is 16.6. The van der Waals surface area contributed by atoms with Crippen LogP contribution in [-0.4, -0.2) is 34.9 Å². The minimum absolute atomic E-state index is 0.0589. The molecule has 4 aliphatic rings. The quantitative estimate of drug-likeness (QED) is 0.313. The largest absolute Gasteiger partial charge is 0.462 e. The highest BCUT2D eigenvalue weighted by molar-refractivity contribution is 5.66. The third kappa shape index (κ3) is 5.15. The molecule has 204 valence electrons. The molecule has 0 unspecified atom stereocenters. The van der Waals surface area contributed by atoms with Gasteiger partial charge in [0.05, 0.1) is 5.60 Å². The van der Waals surface area contributed by atoms with Crippen molar-refractivity contribution < 1.29 is 24.2 Å². The molecule has 5 heteroatoms. The van der Waals surface area contributed by atoms with Crippen molar-refractivity contribution in [2.45, 2.75) is 130 Å². The Bertz CT molecular complexity index is 871. The fraction of sp³-hybridized carbons (Fsp3) is 0.871. The van der Waals surface area contributed by atoms with E-state index in [1.54, 1.807) is 19.4 Å². The SMILES string of the molecule is CC(=O)O[C@H]1CC[C@@]2(C)C(=CC[C@H]3[C@@H]4CC[C@H]([C@H](C)CC[C@@H](OC(C)=O)C(C)(C)O)[C@@]4(C)CC[C@@H]32)C1. The van der Waals surface area contributed by atoms with Gasteiger partial charge in [-0.2, -0.15) is 0 Å². The van der Waals surface area contributed by atoms with Crippen LogP contribution in [-0.2, 0) is 19.1 Å². The molecule has 5 nitrogen and oxygen atoms in total. The van der Waals surface area contributed by atoms with Crippen LogP contribution >= 0.6 is 0 Å². The maximum absolute atomic E-state index is 11.6. The van der Waals surface area contributed by atoms with E-state index in [-0.39, 0.29) is 23.5 Å². The fourth-order valence-corrected chi connectivity index (χ4v) is 9.31. The van der Waals surface area contributed by atoms with Gasteiger partial charge in [-0.25, -0.2) is 0 Å². The molecule has 0 aliphatic heterocycles. The zero-order valence-electron chi connectivity index (χ0n) is 23.8. The van der Waals surface area contributed by atoms with Crippen LogP contribution in [0.1, 0.15) is 113 Å². The number of carbonyl (C=O) groups is 2. The molecule has 0 amide bonds. The molecule has 0 radical (unpaired) electrons. The number of carbonyl (C=O) groups excluding carboxylic acids is 2. The van der Waals surface area contributed by atoms with Gasteiger partial charge in [0.1, 0.15) is 12.2 Å². The Hall–Kier alpha value is -1.36. The Morgan fingerprint density at radius 1 is 1.06 bits per heavy atom. The molecule has 0 aromatic heterocycles. The Morgan fingerprint density at radius 2 is 1.78 bits per heavy atom. The summed E-state index contributed by atoms with van der Waals surface area (Å²) in [4.78, 5) is 23.1. The monoisotopic (exact) mass is 502 g/mol. The van der Waals surface area contributed by atoms with Crippen LogP contribution in [0.2, 0.25) is 0 Å². The third-order valence-corrected chi connectivity index (χ3v) is 11.1. The van der Waals surface area contributed by atoms with Gasteiger partial charge < -0.3 is 14.6 Å². The number of allylic oxidation sites excluding steroid dienone is 1. The van der Waals surface area contributed by atoms with E-state index < -0.39 is 11.7 Å². The minimum atomic E-state index is -1.03. The minimum Gasteiger partial charge on any atom is -0.462 e. The van der Waals surface area contributed by atoms with E-state index >= 15 is 0 Å². The van der Waals surface area contributed by atoms with Gasteiger partial charge in [0, 0.05) is 20.3 Å². The second-order valence-corrected chi connectivity index (χ2v) is 13.8. The van der Waals surface area contributed by atoms with E-state index in [9.17, 15) is 14.7 Å². The summed E-state index contributed by atoms with van der Waals surface area (Å²) in [5.74, 6) is 3.02. The lowest BCUT2D eigenvalue weighted by molar-refractivity contribution is -0.160. The van der Waals surface area contributed by atoms with Crippen LogP contribution in [0.25, 0.3) is 0 Å². The van der Waals surface area contributed by atoms with E-state index in [1.165, 1.54) is 46.0 Å². The summed E-state index contributed by atoms with van der Waals surface area (Å²) >= 11 is 0. The summed E-state index contributed by atoms with van der Waals surface area (Å²) < 4.78 is 11.1. The lowest BCUT2D eigenvalue weighted by Gasteiger charge is -2.58. The highest BCUT2D eigenvalue weighted by Gasteiger charge is 2.59. The molecule has 4 rings (SSSR count). The van der Waals surface area contributed by atoms with Gasteiger partial charge in [0.15, 0.2) is 0 Å². The van der Waals surface area contributed by atoms with E-state index in [1.807, 2.05) is 0 Å². The standard InChI is InChI=1S/C31H50O5/c1-19(8-13-28(29(4,5)34)36-21(3)33)25-11-12-26-24-10-9-22-18-23(35-20(2)32)14-16-30(22,6)27(24)15-17-31(25,26)7/h9,19,23-28,34H,8,10-18H2,1-7H3/t19-,23+,24+,25-,26+,27+,28-,30+,31-/m1/s1. The number of hydrogen-bond acceptors (Lipinski definition) is 5. The molecule has 3 fully saturated rings. The summed E-state index contributed by atoms with van der Waals surface area (Å²) in [5, 5.41) is 10.5. The highest BCUT2D eigenvalue weighted by Crippen LogP contribution is 2.67. The number of fused-ring (bicyclic) bond motifs is 5. The van der Waals surface area contributed by atoms with Crippen LogP contribution in [0.15, 0.2) is 11.6 Å². The van der Waals surface area contributed by atoms with Crippen molar-refractivity contribution in [3.8, 4) is 0 Å². The van der Waals surface area contributed by atoms with Crippen molar-refractivity contribution in [3.63, 3.8) is 0 Å². The average molecular weight is 503 g/mol. The van der Waals surface area contributed by atoms with Crippen LogP contribution in [0.3, 0.4) is 0 Å². The molecular formula is C31H50O5. The second kappa shape index (κ2) is 10.1. The molecule has 0 heterocycles. The summed E-state index contributed by atoms with van der Waals surface area (Å²) in [6.07, 6.45) is 13.2. The average Bonchev–Trinajstić information content (AvgIpc) is 3.12. The van der Waals surface area contributed by atoms with Gasteiger partial charge >= 0.3 is 11.9 Å². The van der Waals surface area contributed by atoms with Crippen molar-refractivity contribution in [2.24, 2.45) is 40.4 Å². The first kappa shape index (κ1) is 27.7. The first-order valence-corrected chi connectivity index (χ1v) is 14.5. The molecule has 1 N–H and O–H groups in total. The fourth-order valence-electron chi connectivity index (χ4n) is 9.31. The van der Waals surface area contributed by atoms with E-state index in [4.69, 9.17) is 9.47 Å². The van der Waals surface area contributed by atoms with Gasteiger partial charge in [-0.05, 0) is 112 Å². The molecule has 0 bridgehead atoms. The maximum Gasteiger partial charge on any atom is 0.303 e. The molecular weight excluding hydrogens is 452 g/mol. The third-order valence-electron chi connectivity index (χ3n) is 11.1. The normalized spacial score (nSPS) is 39.7. The van der Waals surface area contributed by atoms with Crippen molar-refractivity contribution in [3.05, 3.63) is 11.6 Å². The van der Waals surface area contributed by atoms with Crippen molar-refractivity contribution >= 4 is 11.9 Å². The van der Waals surface area contributed by atoms with Crippen LogP contribution in [0.4, 0.5) is 0 Å². The van der Waals surface area contributed by atoms with E-state index in [0.29, 0.717) is 23.7 Å². The first-order valence-electron chi connectivity index (χ1n) is 14.5. The van der Waals surface area contributed by atoms with Crippen LogP contribution in [0, 0.1) is 40.4 Å². The van der Waals surface area contributed by atoms with Gasteiger partial charge in [-0.1, -0.05) is 32.4 Å². The Kier molecular flexibility index (Phi) is 7.74. The molecule has 4 aliphatic carbocycles. The molecule has 36 heavy (non-hydrogen) atoms. The zero-order chi connectivity index (χ0) is 26.5. The predicted octanol–water partition coefficient (Wildman–Crippen LogP) is 6.62. The molecule has 0 saturated heterocycles. The lowest BCUT2D eigenvalue weighted by atomic mass is 9.47. The molecule has 3 saturated carbocycles. The predicted molar refractivity (Wildman–Crippen MR) is 141 cm³/mol. The summed E-state index contributed by atoms with van der Waals surface area (Å²) in [6.45, 7) is 13.9. The summed E-state index contributed by atoms with van der Waals surface area (Å²) in [7, 11) is 0. The van der Waals surface area contributed by atoms with Gasteiger partial charge in [-0.3, -0.25) is 9.59 Å². The van der Waals surface area contributed by atoms with Crippen LogP contribution < -0.4 is 0 Å². The number of aliphatic hydroxyl groups is 1. The van der Waals surface area contributed by atoms with E-state index in [0.717, 1.165) is 43.4 Å². The molecule has 9 atom stereocenters. The maximum atomic E-state index is 11.6. The first-order chi connectivity index (χ1) is 16.8. The zero-order valence-corrected chi connectivity index (χ0v) is 23.8. The lowest BCUT2D eigenvalue weighted by Crippen LogP contribution is -2.51. The van der Waals surface area contributed by atoms with Crippen molar-refractivity contribution in [2.75, 3.05) is 0 Å². The van der Waals surface area contributed by atoms with Gasteiger partial charge in [0.2, 0.25) is 0 Å². The Labute approximate surface area is 218 Å². The smallest absolute Gasteiger partial charge is 0.303 e. The second-order valence-electron chi connectivity index (χ2n) is 13.8. The van der Waals surface area contributed by atoms with Gasteiger partial charge in [-0.15, -0.1) is 0 Å². The molecule has 0 aromatic rings. The summed E-state index contributed by atoms with van der Waals surface area (Å²) in [6, 6.07) is 0. The number of ether oxygens (including phenoxy) is 2. The summed E-state index contributed by atoms with van der Waals surface area (Å²) in [5.41, 5.74) is 1.15. The van der Waals surface area contributed by atoms with Gasteiger partial charge in [0.25, 0.3) is 0 Å². The van der Waals surface area contributed by atoms with Crippen molar-refractivity contribution in [1.29, 1.82) is 0 Å². The van der Waals surface area contributed by atoms with Crippen LogP contribution in [0.5, 0.6) is 0 Å². The number of esters is 2. The number of rotatable bonds is 7. The Morgan fingerprint density at radius 3 is 2.42 bits per heavy atom.